The minimum Gasteiger partial charge on any atom is -0.494 e. The van der Waals surface area contributed by atoms with E-state index in [1.54, 1.807) is 6.08 Å². The van der Waals surface area contributed by atoms with E-state index < -0.39 is 0 Å². The van der Waals surface area contributed by atoms with Crippen LogP contribution in [0.1, 0.15) is 25.0 Å². The molecule has 0 radical (unpaired) electrons. The van der Waals surface area contributed by atoms with Gasteiger partial charge in [0.2, 0.25) is 5.95 Å². The van der Waals surface area contributed by atoms with Gasteiger partial charge in [0, 0.05) is 23.4 Å². The van der Waals surface area contributed by atoms with Crippen molar-refractivity contribution in [3.8, 4) is 5.75 Å². The SMILES string of the molecule is CCOc1ccc(/C=C/C(=O)Nc2nnc(SCc3ccccc3Cl)n2CC)cc1. The van der Waals surface area contributed by atoms with E-state index in [4.69, 9.17) is 16.3 Å². The van der Waals surface area contributed by atoms with Gasteiger partial charge in [-0.05, 0) is 49.2 Å². The van der Waals surface area contributed by atoms with Crippen LogP contribution in [0, 0.1) is 0 Å². The van der Waals surface area contributed by atoms with Gasteiger partial charge in [0.25, 0.3) is 5.91 Å². The predicted molar refractivity (Wildman–Crippen MR) is 122 cm³/mol. The Morgan fingerprint density at radius 3 is 2.63 bits per heavy atom. The van der Waals surface area contributed by atoms with Gasteiger partial charge in [0.15, 0.2) is 5.16 Å². The predicted octanol–water partition coefficient (Wildman–Crippen LogP) is 5.29. The summed E-state index contributed by atoms with van der Waals surface area (Å²) in [6.07, 6.45) is 3.21. The summed E-state index contributed by atoms with van der Waals surface area (Å²) >= 11 is 7.75. The van der Waals surface area contributed by atoms with Gasteiger partial charge in [0.05, 0.1) is 6.61 Å². The van der Waals surface area contributed by atoms with Gasteiger partial charge in [-0.3, -0.25) is 14.7 Å². The maximum atomic E-state index is 12.3. The van der Waals surface area contributed by atoms with E-state index in [0.717, 1.165) is 27.1 Å². The number of anilines is 1. The molecule has 30 heavy (non-hydrogen) atoms. The number of hydrogen-bond donors (Lipinski definition) is 1. The van der Waals surface area contributed by atoms with Gasteiger partial charge in [-0.15, -0.1) is 10.2 Å². The van der Waals surface area contributed by atoms with Crippen LogP contribution in [0.4, 0.5) is 5.95 Å². The average Bonchev–Trinajstić information content (AvgIpc) is 3.14. The van der Waals surface area contributed by atoms with E-state index in [0.29, 0.717) is 24.9 Å². The fourth-order valence-electron chi connectivity index (χ4n) is 2.70. The molecule has 0 saturated heterocycles. The summed E-state index contributed by atoms with van der Waals surface area (Å²) in [4.78, 5) is 12.3. The molecule has 0 unspecified atom stereocenters. The smallest absolute Gasteiger partial charge is 0.250 e. The van der Waals surface area contributed by atoms with Gasteiger partial charge in [-0.25, -0.2) is 0 Å². The molecular weight excluding hydrogens is 420 g/mol. The van der Waals surface area contributed by atoms with E-state index in [2.05, 4.69) is 15.5 Å². The van der Waals surface area contributed by atoms with Crippen molar-refractivity contribution in [1.29, 1.82) is 0 Å². The Balaban J connectivity index is 1.62. The third-order valence-electron chi connectivity index (χ3n) is 4.20. The van der Waals surface area contributed by atoms with E-state index in [1.165, 1.54) is 17.8 Å². The fourth-order valence-corrected chi connectivity index (χ4v) is 3.98. The number of nitrogens with zero attached hydrogens (tertiary/aromatic N) is 3. The molecule has 1 amide bonds. The van der Waals surface area contributed by atoms with Crippen molar-refractivity contribution in [2.75, 3.05) is 11.9 Å². The van der Waals surface area contributed by atoms with Crippen molar-refractivity contribution in [1.82, 2.24) is 14.8 Å². The highest BCUT2D eigenvalue weighted by atomic mass is 35.5. The maximum absolute atomic E-state index is 12.3. The highest BCUT2D eigenvalue weighted by Crippen LogP contribution is 2.27. The number of ether oxygens (including phenoxy) is 1. The zero-order chi connectivity index (χ0) is 21.3. The van der Waals surface area contributed by atoms with Crippen LogP contribution in [0.3, 0.4) is 0 Å². The zero-order valence-electron chi connectivity index (χ0n) is 16.8. The molecule has 0 spiro atoms. The van der Waals surface area contributed by atoms with Gasteiger partial charge in [-0.1, -0.05) is 53.7 Å². The highest BCUT2D eigenvalue weighted by molar-refractivity contribution is 7.98. The molecule has 0 bridgehead atoms. The van der Waals surface area contributed by atoms with E-state index in [1.807, 2.05) is 66.9 Å². The minimum atomic E-state index is -0.270. The Morgan fingerprint density at radius 1 is 1.17 bits per heavy atom. The molecule has 0 fully saturated rings. The van der Waals surface area contributed by atoms with Gasteiger partial charge < -0.3 is 4.74 Å². The summed E-state index contributed by atoms with van der Waals surface area (Å²) in [5.41, 5.74) is 1.93. The van der Waals surface area contributed by atoms with Crippen molar-refractivity contribution in [3.05, 3.63) is 70.8 Å². The number of hydrogen-bond acceptors (Lipinski definition) is 5. The molecule has 2 aromatic carbocycles. The first-order valence-corrected chi connectivity index (χ1v) is 11.0. The van der Waals surface area contributed by atoms with Crippen LogP contribution in [0.25, 0.3) is 6.08 Å². The van der Waals surface area contributed by atoms with Crippen molar-refractivity contribution in [2.45, 2.75) is 31.3 Å². The van der Waals surface area contributed by atoms with Crippen LogP contribution in [-0.2, 0) is 17.1 Å². The molecule has 0 aliphatic heterocycles. The largest absolute Gasteiger partial charge is 0.494 e. The second-order valence-electron chi connectivity index (χ2n) is 6.26. The molecule has 0 atom stereocenters. The number of amides is 1. The molecule has 0 saturated carbocycles. The van der Waals surface area contributed by atoms with Crippen LogP contribution >= 0.6 is 23.4 Å². The lowest BCUT2D eigenvalue weighted by Gasteiger charge is -2.08. The molecule has 1 aromatic heterocycles. The monoisotopic (exact) mass is 442 g/mol. The summed E-state index contributed by atoms with van der Waals surface area (Å²) in [6, 6.07) is 15.2. The molecule has 0 aliphatic rings. The number of aromatic nitrogens is 3. The van der Waals surface area contributed by atoms with Crippen molar-refractivity contribution in [3.63, 3.8) is 0 Å². The van der Waals surface area contributed by atoms with Crippen LogP contribution < -0.4 is 10.1 Å². The number of carbonyl (C=O) groups is 1. The van der Waals surface area contributed by atoms with Crippen LogP contribution in [0.15, 0.2) is 59.8 Å². The molecule has 0 aliphatic carbocycles. The van der Waals surface area contributed by atoms with Crippen LogP contribution in [0.2, 0.25) is 5.02 Å². The molecule has 3 aromatic rings. The van der Waals surface area contributed by atoms with Crippen molar-refractivity contribution >= 4 is 41.3 Å². The summed E-state index contributed by atoms with van der Waals surface area (Å²) in [5, 5.41) is 12.6. The Bertz CT molecular complexity index is 1020. The number of rotatable bonds is 9. The second kappa shape index (κ2) is 10.8. The molecule has 1 N–H and O–H groups in total. The maximum Gasteiger partial charge on any atom is 0.250 e. The first kappa shape index (κ1) is 21.9. The lowest BCUT2D eigenvalue weighted by Crippen LogP contribution is -2.13. The molecule has 156 valence electrons. The Morgan fingerprint density at radius 2 is 1.93 bits per heavy atom. The van der Waals surface area contributed by atoms with Gasteiger partial charge in [0.1, 0.15) is 5.75 Å². The third-order valence-corrected chi connectivity index (χ3v) is 5.59. The average molecular weight is 443 g/mol. The summed E-state index contributed by atoms with van der Waals surface area (Å²) in [6.45, 7) is 5.17. The molecule has 6 nitrogen and oxygen atoms in total. The number of halogens is 1. The Hall–Kier alpha value is -2.77. The zero-order valence-corrected chi connectivity index (χ0v) is 18.4. The van der Waals surface area contributed by atoms with Crippen molar-refractivity contribution < 1.29 is 9.53 Å². The summed E-state index contributed by atoms with van der Waals surface area (Å²) < 4.78 is 7.28. The van der Waals surface area contributed by atoms with E-state index in [9.17, 15) is 4.79 Å². The lowest BCUT2D eigenvalue weighted by atomic mass is 10.2. The standard InChI is InChI=1S/C22H23ClN4O2S/c1-3-27-21(25-26-22(27)30-15-17-7-5-6-8-19(17)23)24-20(28)14-11-16-9-12-18(13-10-16)29-4-2/h5-14H,3-4,15H2,1-2H3,(H,24,25,28)/b14-11+. The molecule has 3 rings (SSSR count). The molecule has 1 heterocycles. The molecular formula is C22H23ClN4O2S. The number of thioether (sulfide) groups is 1. The van der Waals surface area contributed by atoms with E-state index >= 15 is 0 Å². The number of carbonyl (C=O) groups excluding carboxylic acids is 1. The first-order valence-electron chi connectivity index (χ1n) is 9.62. The van der Waals surface area contributed by atoms with Crippen molar-refractivity contribution in [2.24, 2.45) is 0 Å². The number of nitrogens with one attached hydrogen (secondary N) is 1. The van der Waals surface area contributed by atoms with Gasteiger partial charge in [-0.2, -0.15) is 0 Å². The lowest BCUT2D eigenvalue weighted by molar-refractivity contribution is -0.111. The molecule has 8 heteroatoms. The topological polar surface area (TPSA) is 69.0 Å². The summed E-state index contributed by atoms with van der Waals surface area (Å²) in [5.74, 6) is 1.62. The Labute approximate surface area is 185 Å². The van der Waals surface area contributed by atoms with E-state index in [-0.39, 0.29) is 5.91 Å². The van der Waals surface area contributed by atoms with Crippen LogP contribution in [-0.4, -0.2) is 27.3 Å². The summed E-state index contributed by atoms with van der Waals surface area (Å²) in [7, 11) is 0. The Kier molecular flexibility index (Phi) is 7.93. The fraction of sp³-hybridized carbons (Fsp3) is 0.227. The van der Waals surface area contributed by atoms with Gasteiger partial charge >= 0.3 is 0 Å². The highest BCUT2D eigenvalue weighted by Gasteiger charge is 2.13. The second-order valence-corrected chi connectivity index (χ2v) is 7.60. The minimum absolute atomic E-state index is 0.270. The quantitative estimate of drug-likeness (QED) is 0.360. The number of benzene rings is 2. The third kappa shape index (κ3) is 5.87. The van der Waals surface area contributed by atoms with Crippen LogP contribution in [0.5, 0.6) is 5.75 Å². The first-order chi connectivity index (χ1) is 14.6. The normalized spacial score (nSPS) is 11.0.